The van der Waals surface area contributed by atoms with E-state index in [0.29, 0.717) is 17.8 Å². The Morgan fingerprint density at radius 1 is 1.29 bits per heavy atom. The average molecular weight is 289 g/mol. The molecule has 0 saturated heterocycles. The van der Waals surface area contributed by atoms with Crippen molar-refractivity contribution in [1.29, 1.82) is 0 Å². The molecule has 114 valence electrons. The van der Waals surface area contributed by atoms with Crippen molar-refractivity contribution < 1.29 is 14.3 Å². The number of carboxylic acids is 1. The van der Waals surface area contributed by atoms with Crippen LogP contribution in [0.5, 0.6) is 0 Å². The zero-order chi connectivity index (χ0) is 14.6. The second kappa shape index (κ2) is 4.60. The molecule has 4 fully saturated rings. The van der Waals surface area contributed by atoms with Crippen molar-refractivity contribution in [2.45, 2.75) is 57.5 Å². The Labute approximate surface area is 124 Å². The number of aromatic carboxylic acids is 1. The third-order valence-electron chi connectivity index (χ3n) is 5.88. The van der Waals surface area contributed by atoms with Crippen molar-refractivity contribution in [1.82, 2.24) is 5.32 Å². The number of nitrogens with one attached hydrogen (secondary N) is 1. The molecule has 4 aliphatic rings. The van der Waals surface area contributed by atoms with Crippen molar-refractivity contribution in [2.24, 2.45) is 17.8 Å². The molecule has 0 unspecified atom stereocenters. The maximum Gasteiger partial charge on any atom is 0.339 e. The zero-order valence-corrected chi connectivity index (χ0v) is 12.5. The summed E-state index contributed by atoms with van der Waals surface area (Å²) >= 11 is 0. The van der Waals surface area contributed by atoms with Crippen LogP contribution in [0.4, 0.5) is 0 Å². The van der Waals surface area contributed by atoms with Crippen molar-refractivity contribution in [3.63, 3.8) is 0 Å². The van der Waals surface area contributed by atoms with Gasteiger partial charge in [0.05, 0.1) is 6.54 Å². The summed E-state index contributed by atoms with van der Waals surface area (Å²) in [5, 5.41) is 12.8. The lowest BCUT2D eigenvalue weighted by Gasteiger charge is -2.57. The largest absolute Gasteiger partial charge is 0.478 e. The average Bonchev–Trinajstić information content (AvgIpc) is 2.76. The third-order valence-corrected chi connectivity index (χ3v) is 5.88. The Morgan fingerprint density at radius 3 is 2.33 bits per heavy atom. The highest BCUT2D eigenvalue weighted by Crippen LogP contribution is 2.55. The molecule has 4 bridgehead atoms. The quantitative estimate of drug-likeness (QED) is 0.892. The van der Waals surface area contributed by atoms with Gasteiger partial charge in [-0.2, -0.15) is 0 Å². The van der Waals surface area contributed by atoms with Gasteiger partial charge in [-0.05, 0) is 69.3 Å². The second-order valence-corrected chi connectivity index (χ2v) is 7.54. The van der Waals surface area contributed by atoms with Gasteiger partial charge in [-0.25, -0.2) is 4.79 Å². The Hall–Kier alpha value is -1.29. The summed E-state index contributed by atoms with van der Waals surface area (Å²) < 4.78 is 5.60. The molecule has 2 N–H and O–H groups in total. The number of carboxylic acid groups (broad SMARTS) is 1. The maximum absolute atomic E-state index is 11.1. The van der Waals surface area contributed by atoms with Crippen LogP contribution in [0.2, 0.25) is 0 Å². The molecule has 1 aromatic rings. The Balaban J connectivity index is 1.47. The molecule has 4 aliphatic carbocycles. The van der Waals surface area contributed by atoms with Crippen LogP contribution in [-0.2, 0) is 6.54 Å². The van der Waals surface area contributed by atoms with Crippen LogP contribution in [-0.4, -0.2) is 16.6 Å². The molecular weight excluding hydrogens is 266 g/mol. The Kier molecular flexibility index (Phi) is 2.93. The molecule has 1 heterocycles. The van der Waals surface area contributed by atoms with Crippen molar-refractivity contribution in [3.8, 4) is 0 Å². The zero-order valence-electron chi connectivity index (χ0n) is 12.5. The van der Waals surface area contributed by atoms with E-state index in [1.807, 2.05) is 0 Å². The van der Waals surface area contributed by atoms with Gasteiger partial charge in [-0.15, -0.1) is 0 Å². The molecule has 0 spiro atoms. The minimum Gasteiger partial charge on any atom is -0.478 e. The second-order valence-electron chi connectivity index (χ2n) is 7.54. The van der Waals surface area contributed by atoms with Gasteiger partial charge < -0.3 is 14.8 Å². The smallest absolute Gasteiger partial charge is 0.339 e. The molecule has 4 saturated carbocycles. The molecule has 4 heteroatoms. The predicted octanol–water partition coefficient (Wildman–Crippen LogP) is 3.34. The van der Waals surface area contributed by atoms with E-state index in [1.54, 1.807) is 13.0 Å². The monoisotopic (exact) mass is 289 g/mol. The Bertz CT molecular complexity index is 539. The van der Waals surface area contributed by atoms with Gasteiger partial charge >= 0.3 is 5.97 Å². The fraction of sp³-hybridized carbons (Fsp3) is 0.706. The number of hydrogen-bond acceptors (Lipinski definition) is 3. The first kappa shape index (κ1) is 13.4. The lowest BCUT2D eigenvalue weighted by Crippen LogP contribution is -2.58. The van der Waals surface area contributed by atoms with Crippen LogP contribution >= 0.6 is 0 Å². The number of rotatable bonds is 4. The van der Waals surface area contributed by atoms with E-state index in [0.717, 1.165) is 23.5 Å². The Morgan fingerprint density at radius 2 is 1.86 bits per heavy atom. The summed E-state index contributed by atoms with van der Waals surface area (Å²) in [6, 6.07) is 1.67. The summed E-state index contributed by atoms with van der Waals surface area (Å²) in [5.41, 5.74) is 0.580. The normalized spacial score (nSPS) is 37.1. The number of aryl methyl sites for hydroxylation is 1. The molecule has 0 aromatic carbocycles. The molecule has 5 rings (SSSR count). The van der Waals surface area contributed by atoms with Crippen LogP contribution in [0, 0.1) is 24.7 Å². The number of carbonyl (C=O) groups is 1. The van der Waals surface area contributed by atoms with Crippen LogP contribution < -0.4 is 5.32 Å². The van der Waals surface area contributed by atoms with E-state index in [-0.39, 0.29) is 5.56 Å². The van der Waals surface area contributed by atoms with E-state index in [1.165, 1.54) is 38.5 Å². The fourth-order valence-corrected chi connectivity index (χ4v) is 5.44. The predicted molar refractivity (Wildman–Crippen MR) is 78.1 cm³/mol. The van der Waals surface area contributed by atoms with Gasteiger partial charge in [-0.1, -0.05) is 0 Å². The van der Waals surface area contributed by atoms with Crippen LogP contribution in [0.1, 0.15) is 60.4 Å². The topological polar surface area (TPSA) is 62.5 Å². The summed E-state index contributed by atoms with van der Waals surface area (Å²) in [6.07, 6.45) is 8.19. The van der Waals surface area contributed by atoms with E-state index in [2.05, 4.69) is 5.32 Å². The van der Waals surface area contributed by atoms with Gasteiger partial charge in [0.15, 0.2) is 0 Å². The lowest BCUT2D eigenvalue weighted by atomic mass is 9.53. The molecule has 21 heavy (non-hydrogen) atoms. The van der Waals surface area contributed by atoms with E-state index in [9.17, 15) is 4.79 Å². The van der Waals surface area contributed by atoms with Gasteiger partial charge in [0.2, 0.25) is 0 Å². The van der Waals surface area contributed by atoms with Crippen molar-refractivity contribution >= 4 is 5.97 Å². The standard InChI is InChI=1S/C17H23NO3/c1-10-15(16(19)20)5-14(21-10)9-18-17-6-11-2-12(7-17)4-13(3-11)8-17/h5,11-13,18H,2-4,6-9H2,1H3,(H,19,20). The summed E-state index contributed by atoms with van der Waals surface area (Å²) in [6.45, 7) is 2.37. The fourth-order valence-electron chi connectivity index (χ4n) is 5.44. The van der Waals surface area contributed by atoms with E-state index >= 15 is 0 Å². The summed E-state index contributed by atoms with van der Waals surface area (Å²) in [7, 11) is 0. The minimum atomic E-state index is -0.905. The number of hydrogen-bond donors (Lipinski definition) is 2. The highest BCUT2D eigenvalue weighted by atomic mass is 16.4. The molecule has 1 aromatic heterocycles. The highest BCUT2D eigenvalue weighted by molar-refractivity contribution is 5.88. The van der Waals surface area contributed by atoms with Crippen LogP contribution in [0.3, 0.4) is 0 Å². The SMILES string of the molecule is Cc1oc(CNC23CC4CC(CC(C4)C2)C3)cc1C(=O)O. The summed E-state index contributed by atoms with van der Waals surface area (Å²) in [5.74, 6) is 3.09. The first-order valence-corrected chi connectivity index (χ1v) is 8.11. The number of furan rings is 1. The van der Waals surface area contributed by atoms with Gasteiger partial charge in [0, 0.05) is 5.54 Å². The van der Waals surface area contributed by atoms with Crippen LogP contribution in [0.15, 0.2) is 10.5 Å². The first-order valence-electron chi connectivity index (χ1n) is 8.11. The van der Waals surface area contributed by atoms with Crippen molar-refractivity contribution in [2.75, 3.05) is 0 Å². The van der Waals surface area contributed by atoms with E-state index in [4.69, 9.17) is 9.52 Å². The molecule has 0 atom stereocenters. The first-order chi connectivity index (χ1) is 10.0. The maximum atomic E-state index is 11.1. The highest BCUT2D eigenvalue weighted by Gasteiger charge is 2.50. The summed E-state index contributed by atoms with van der Waals surface area (Å²) in [4.78, 5) is 11.1. The molecule has 0 aliphatic heterocycles. The van der Waals surface area contributed by atoms with Gasteiger partial charge in [-0.3, -0.25) is 0 Å². The van der Waals surface area contributed by atoms with Crippen LogP contribution in [0.25, 0.3) is 0 Å². The molecular formula is C17H23NO3. The van der Waals surface area contributed by atoms with Crippen molar-refractivity contribution in [3.05, 3.63) is 23.2 Å². The minimum absolute atomic E-state index is 0.289. The molecule has 0 amide bonds. The molecule has 0 radical (unpaired) electrons. The molecule has 4 nitrogen and oxygen atoms in total. The lowest BCUT2D eigenvalue weighted by molar-refractivity contribution is -0.0213. The van der Waals surface area contributed by atoms with E-state index < -0.39 is 5.97 Å². The third kappa shape index (κ3) is 2.30. The van der Waals surface area contributed by atoms with Gasteiger partial charge in [0.25, 0.3) is 0 Å². The van der Waals surface area contributed by atoms with Gasteiger partial charge in [0.1, 0.15) is 17.1 Å².